The molecule has 17 heavy (non-hydrogen) atoms. The van der Waals surface area contributed by atoms with Crippen molar-refractivity contribution in [3.63, 3.8) is 0 Å². The summed E-state index contributed by atoms with van der Waals surface area (Å²) in [5.74, 6) is 5.48. The van der Waals surface area contributed by atoms with E-state index in [2.05, 4.69) is 4.90 Å². The third kappa shape index (κ3) is 2.83. The van der Waals surface area contributed by atoms with Crippen LogP contribution < -0.4 is 5.84 Å². The van der Waals surface area contributed by atoms with Gasteiger partial charge in [0.2, 0.25) is 11.8 Å². The lowest BCUT2D eigenvalue weighted by Gasteiger charge is -2.32. The standard InChI is InChI=1S/C11H20N4O2/c1-9-8-10(16)15(11(9)17)7-4-13-2-5-14(12)6-3-13/h9H,2-8,12H2,1H3. The Labute approximate surface area is 101 Å². The van der Waals surface area contributed by atoms with Crippen LogP contribution in [-0.2, 0) is 9.59 Å². The minimum Gasteiger partial charge on any atom is -0.299 e. The van der Waals surface area contributed by atoms with Crippen LogP contribution in [0.3, 0.4) is 0 Å². The first-order valence-corrected chi connectivity index (χ1v) is 6.14. The van der Waals surface area contributed by atoms with Crippen molar-refractivity contribution in [3.8, 4) is 0 Å². The summed E-state index contributed by atoms with van der Waals surface area (Å²) >= 11 is 0. The SMILES string of the molecule is CC1CC(=O)N(CCN2CCN(N)CC2)C1=O. The van der Waals surface area contributed by atoms with Gasteiger partial charge in [-0.25, -0.2) is 5.01 Å². The van der Waals surface area contributed by atoms with Gasteiger partial charge in [-0.3, -0.25) is 25.2 Å². The molecular weight excluding hydrogens is 220 g/mol. The van der Waals surface area contributed by atoms with Crippen LogP contribution >= 0.6 is 0 Å². The number of carbonyl (C=O) groups is 2. The molecule has 2 heterocycles. The molecule has 2 saturated heterocycles. The zero-order chi connectivity index (χ0) is 12.4. The van der Waals surface area contributed by atoms with Crippen molar-refractivity contribution in [2.45, 2.75) is 13.3 Å². The van der Waals surface area contributed by atoms with Crippen molar-refractivity contribution in [1.82, 2.24) is 14.8 Å². The smallest absolute Gasteiger partial charge is 0.232 e. The minimum atomic E-state index is -0.136. The topological polar surface area (TPSA) is 69.9 Å². The van der Waals surface area contributed by atoms with Crippen LogP contribution in [0.4, 0.5) is 0 Å². The Balaban J connectivity index is 1.78. The third-order valence-corrected chi connectivity index (χ3v) is 3.52. The molecular formula is C11H20N4O2. The molecule has 1 atom stereocenters. The molecule has 1 unspecified atom stereocenters. The van der Waals surface area contributed by atoms with Gasteiger partial charge in [0.1, 0.15) is 0 Å². The van der Waals surface area contributed by atoms with Crippen LogP contribution in [0, 0.1) is 5.92 Å². The number of imide groups is 1. The van der Waals surface area contributed by atoms with Crippen molar-refractivity contribution in [1.29, 1.82) is 0 Å². The number of nitrogens with two attached hydrogens (primary N) is 1. The summed E-state index contributed by atoms with van der Waals surface area (Å²) in [4.78, 5) is 26.9. The molecule has 2 fully saturated rings. The Bertz CT molecular complexity index is 313. The maximum Gasteiger partial charge on any atom is 0.232 e. The summed E-state index contributed by atoms with van der Waals surface area (Å²) in [6.07, 6.45) is 0.370. The number of carbonyl (C=O) groups excluding carboxylic acids is 2. The van der Waals surface area contributed by atoms with E-state index in [9.17, 15) is 9.59 Å². The molecule has 0 aliphatic carbocycles. The lowest BCUT2D eigenvalue weighted by molar-refractivity contribution is -0.139. The number of amides is 2. The minimum absolute atomic E-state index is 0.0209. The number of rotatable bonds is 3. The van der Waals surface area contributed by atoms with Crippen LogP contribution in [0.2, 0.25) is 0 Å². The van der Waals surface area contributed by atoms with Crippen molar-refractivity contribution in [2.75, 3.05) is 39.3 Å². The average Bonchev–Trinajstić information content (AvgIpc) is 2.54. The molecule has 96 valence electrons. The highest BCUT2D eigenvalue weighted by molar-refractivity contribution is 6.03. The lowest BCUT2D eigenvalue weighted by atomic mass is 10.1. The van der Waals surface area contributed by atoms with Gasteiger partial charge >= 0.3 is 0 Å². The summed E-state index contributed by atoms with van der Waals surface area (Å²) < 4.78 is 0. The highest BCUT2D eigenvalue weighted by Gasteiger charge is 2.35. The van der Waals surface area contributed by atoms with Gasteiger partial charge in [0.25, 0.3) is 0 Å². The van der Waals surface area contributed by atoms with E-state index >= 15 is 0 Å². The molecule has 0 aromatic rings. The zero-order valence-corrected chi connectivity index (χ0v) is 10.3. The van der Waals surface area contributed by atoms with Gasteiger partial charge in [0, 0.05) is 51.6 Å². The molecule has 0 aromatic carbocycles. The van der Waals surface area contributed by atoms with Gasteiger partial charge in [-0.05, 0) is 0 Å². The number of nitrogens with zero attached hydrogens (tertiary/aromatic N) is 3. The van der Waals surface area contributed by atoms with Crippen molar-refractivity contribution in [3.05, 3.63) is 0 Å². The zero-order valence-electron chi connectivity index (χ0n) is 10.3. The Kier molecular flexibility index (Phi) is 3.76. The molecule has 0 spiro atoms. The normalized spacial score (nSPS) is 28.1. The fourth-order valence-corrected chi connectivity index (χ4v) is 2.31. The van der Waals surface area contributed by atoms with E-state index in [1.165, 1.54) is 4.90 Å². The Morgan fingerprint density at radius 2 is 1.82 bits per heavy atom. The van der Waals surface area contributed by atoms with Gasteiger partial charge in [0.15, 0.2) is 0 Å². The molecule has 2 aliphatic heterocycles. The molecule has 6 heteroatoms. The van der Waals surface area contributed by atoms with E-state index in [-0.39, 0.29) is 17.7 Å². The van der Waals surface area contributed by atoms with Crippen molar-refractivity contribution < 1.29 is 9.59 Å². The number of likely N-dealkylation sites (tertiary alicyclic amines) is 1. The summed E-state index contributed by atoms with van der Waals surface area (Å²) in [6.45, 7) is 6.60. The molecule has 2 N–H and O–H groups in total. The number of hydrogen-bond acceptors (Lipinski definition) is 5. The van der Waals surface area contributed by atoms with Gasteiger partial charge < -0.3 is 0 Å². The van der Waals surface area contributed by atoms with E-state index < -0.39 is 0 Å². The van der Waals surface area contributed by atoms with Gasteiger partial charge in [-0.2, -0.15) is 0 Å². The summed E-state index contributed by atoms with van der Waals surface area (Å²) in [6, 6.07) is 0. The molecule has 6 nitrogen and oxygen atoms in total. The Morgan fingerprint density at radius 3 is 2.35 bits per heavy atom. The maximum absolute atomic E-state index is 11.7. The second-order valence-corrected chi connectivity index (χ2v) is 4.87. The summed E-state index contributed by atoms with van der Waals surface area (Å²) in [5, 5.41) is 1.80. The van der Waals surface area contributed by atoms with E-state index in [0.29, 0.717) is 13.0 Å². The predicted octanol–water partition coefficient (Wildman–Crippen LogP) is -1.13. The van der Waals surface area contributed by atoms with E-state index in [1.54, 1.807) is 5.01 Å². The lowest BCUT2D eigenvalue weighted by Crippen LogP contribution is -2.51. The highest BCUT2D eigenvalue weighted by atomic mass is 16.2. The predicted molar refractivity (Wildman–Crippen MR) is 62.7 cm³/mol. The van der Waals surface area contributed by atoms with E-state index in [4.69, 9.17) is 5.84 Å². The molecule has 0 radical (unpaired) electrons. The first-order valence-electron chi connectivity index (χ1n) is 6.14. The van der Waals surface area contributed by atoms with E-state index in [1.807, 2.05) is 6.92 Å². The monoisotopic (exact) mass is 240 g/mol. The molecule has 0 bridgehead atoms. The fourth-order valence-electron chi connectivity index (χ4n) is 2.31. The van der Waals surface area contributed by atoms with Crippen LogP contribution in [0.1, 0.15) is 13.3 Å². The maximum atomic E-state index is 11.7. The van der Waals surface area contributed by atoms with Crippen molar-refractivity contribution >= 4 is 11.8 Å². The molecule has 2 aliphatic rings. The fraction of sp³-hybridized carbons (Fsp3) is 0.818. The first-order chi connectivity index (χ1) is 8.08. The first kappa shape index (κ1) is 12.5. The number of hydrazine groups is 1. The van der Waals surface area contributed by atoms with Crippen LogP contribution in [0.25, 0.3) is 0 Å². The van der Waals surface area contributed by atoms with Gasteiger partial charge in [0.05, 0.1) is 0 Å². The highest BCUT2D eigenvalue weighted by Crippen LogP contribution is 2.18. The Hall–Kier alpha value is -0.980. The molecule has 0 saturated carbocycles. The summed E-state index contributed by atoms with van der Waals surface area (Å²) in [5.41, 5.74) is 0. The molecule has 2 amide bonds. The number of piperazine rings is 1. The second-order valence-electron chi connectivity index (χ2n) is 4.87. The van der Waals surface area contributed by atoms with Crippen LogP contribution in [-0.4, -0.2) is 65.9 Å². The van der Waals surface area contributed by atoms with Crippen molar-refractivity contribution in [2.24, 2.45) is 11.8 Å². The van der Waals surface area contributed by atoms with Crippen LogP contribution in [0.15, 0.2) is 0 Å². The second kappa shape index (κ2) is 5.12. The third-order valence-electron chi connectivity index (χ3n) is 3.52. The number of hydrogen-bond donors (Lipinski definition) is 1. The summed E-state index contributed by atoms with van der Waals surface area (Å²) in [7, 11) is 0. The quantitative estimate of drug-likeness (QED) is 0.499. The van der Waals surface area contributed by atoms with Gasteiger partial charge in [-0.15, -0.1) is 0 Å². The molecule has 0 aromatic heterocycles. The van der Waals surface area contributed by atoms with E-state index in [0.717, 1.165) is 32.7 Å². The Morgan fingerprint density at radius 1 is 1.18 bits per heavy atom. The molecule has 2 rings (SSSR count). The average molecular weight is 240 g/mol. The van der Waals surface area contributed by atoms with Gasteiger partial charge in [-0.1, -0.05) is 6.92 Å². The van der Waals surface area contributed by atoms with Crippen LogP contribution in [0.5, 0.6) is 0 Å². The largest absolute Gasteiger partial charge is 0.299 e.